The molecule has 0 aliphatic rings. The zero-order valence-corrected chi connectivity index (χ0v) is 11.6. The van der Waals surface area contributed by atoms with E-state index < -0.39 is 5.97 Å². The van der Waals surface area contributed by atoms with E-state index in [1.807, 2.05) is 19.9 Å². The quantitative estimate of drug-likeness (QED) is 0.930. The fraction of sp³-hybridized carbons (Fsp3) is 0.250. The SMILES string of the molecule is CCN(CC)C(=O)c1ccc2cc(C(=O)O)ccc2c1. The third kappa shape index (κ3) is 2.64. The number of hydrogen-bond donors (Lipinski definition) is 1. The number of carboxylic acids is 1. The molecule has 0 radical (unpaired) electrons. The van der Waals surface area contributed by atoms with Gasteiger partial charge < -0.3 is 10.0 Å². The largest absolute Gasteiger partial charge is 0.478 e. The molecule has 0 aliphatic carbocycles. The number of fused-ring (bicyclic) bond motifs is 1. The Balaban J connectivity index is 2.42. The van der Waals surface area contributed by atoms with Crippen molar-refractivity contribution in [3.63, 3.8) is 0 Å². The van der Waals surface area contributed by atoms with Crippen molar-refractivity contribution in [3.8, 4) is 0 Å². The Morgan fingerprint density at radius 3 is 1.95 bits per heavy atom. The van der Waals surface area contributed by atoms with E-state index in [9.17, 15) is 9.59 Å². The van der Waals surface area contributed by atoms with Crippen LogP contribution in [0.3, 0.4) is 0 Å². The highest BCUT2D eigenvalue weighted by Crippen LogP contribution is 2.19. The Labute approximate surface area is 117 Å². The summed E-state index contributed by atoms with van der Waals surface area (Å²) >= 11 is 0. The fourth-order valence-electron chi connectivity index (χ4n) is 2.21. The number of carboxylic acid groups (broad SMARTS) is 1. The van der Waals surface area contributed by atoms with Gasteiger partial charge in [0.15, 0.2) is 0 Å². The third-order valence-corrected chi connectivity index (χ3v) is 3.38. The van der Waals surface area contributed by atoms with Crippen molar-refractivity contribution < 1.29 is 14.7 Å². The molecule has 0 fully saturated rings. The maximum absolute atomic E-state index is 12.3. The number of carbonyl (C=O) groups is 2. The predicted octanol–water partition coefficient (Wildman–Crippen LogP) is 3.02. The molecule has 0 aliphatic heterocycles. The van der Waals surface area contributed by atoms with Gasteiger partial charge in [-0.2, -0.15) is 0 Å². The van der Waals surface area contributed by atoms with Crippen LogP contribution in [0, 0.1) is 0 Å². The molecule has 2 aromatic carbocycles. The van der Waals surface area contributed by atoms with Crippen LogP contribution >= 0.6 is 0 Å². The number of hydrogen-bond acceptors (Lipinski definition) is 2. The second kappa shape index (κ2) is 5.74. The van der Waals surface area contributed by atoms with Gasteiger partial charge in [0, 0.05) is 18.7 Å². The Morgan fingerprint density at radius 1 is 0.950 bits per heavy atom. The van der Waals surface area contributed by atoms with E-state index in [2.05, 4.69) is 0 Å². The van der Waals surface area contributed by atoms with Crippen LogP contribution in [0.15, 0.2) is 36.4 Å². The molecular formula is C16H17NO3. The van der Waals surface area contributed by atoms with Crippen molar-refractivity contribution in [2.24, 2.45) is 0 Å². The lowest BCUT2D eigenvalue weighted by Gasteiger charge is -2.18. The molecule has 4 nitrogen and oxygen atoms in total. The van der Waals surface area contributed by atoms with Crippen LogP contribution in [0.1, 0.15) is 34.6 Å². The Kier molecular flexibility index (Phi) is 4.03. The molecule has 0 heterocycles. The normalized spacial score (nSPS) is 10.5. The monoisotopic (exact) mass is 271 g/mol. The number of amides is 1. The number of carbonyl (C=O) groups excluding carboxylic acids is 1. The lowest BCUT2D eigenvalue weighted by Crippen LogP contribution is -2.30. The maximum atomic E-state index is 12.3. The Bertz CT molecular complexity index is 660. The molecule has 104 valence electrons. The second-order valence-corrected chi connectivity index (χ2v) is 4.56. The lowest BCUT2D eigenvalue weighted by molar-refractivity contribution is 0.0696. The molecule has 1 amide bonds. The summed E-state index contributed by atoms with van der Waals surface area (Å²) in [6.07, 6.45) is 0. The fourth-order valence-corrected chi connectivity index (χ4v) is 2.21. The summed E-state index contributed by atoms with van der Waals surface area (Å²) in [5.74, 6) is -0.950. The molecule has 0 atom stereocenters. The number of aromatic carboxylic acids is 1. The van der Waals surface area contributed by atoms with E-state index >= 15 is 0 Å². The van der Waals surface area contributed by atoms with Crippen molar-refractivity contribution in [2.75, 3.05) is 13.1 Å². The second-order valence-electron chi connectivity index (χ2n) is 4.56. The first-order chi connectivity index (χ1) is 9.56. The van der Waals surface area contributed by atoms with Crippen molar-refractivity contribution in [3.05, 3.63) is 47.5 Å². The summed E-state index contributed by atoms with van der Waals surface area (Å²) in [6.45, 7) is 5.24. The number of rotatable bonds is 4. The van der Waals surface area contributed by atoms with Gasteiger partial charge in [0.25, 0.3) is 5.91 Å². The standard InChI is InChI=1S/C16H17NO3/c1-3-17(4-2)15(18)13-7-5-12-10-14(16(19)20)8-6-11(12)9-13/h5-10H,3-4H2,1-2H3,(H,19,20). The van der Waals surface area contributed by atoms with Gasteiger partial charge in [-0.3, -0.25) is 4.79 Å². The van der Waals surface area contributed by atoms with E-state index in [0.717, 1.165) is 10.8 Å². The van der Waals surface area contributed by atoms with Crippen molar-refractivity contribution >= 4 is 22.6 Å². The van der Waals surface area contributed by atoms with Crippen molar-refractivity contribution in [1.29, 1.82) is 0 Å². The topological polar surface area (TPSA) is 57.6 Å². The summed E-state index contributed by atoms with van der Waals surface area (Å²) in [5.41, 5.74) is 0.879. The van der Waals surface area contributed by atoms with Crippen LogP contribution in [0.2, 0.25) is 0 Å². The third-order valence-electron chi connectivity index (χ3n) is 3.38. The Hall–Kier alpha value is -2.36. The van der Waals surface area contributed by atoms with Gasteiger partial charge in [-0.25, -0.2) is 4.79 Å². The number of nitrogens with zero attached hydrogens (tertiary/aromatic N) is 1. The van der Waals surface area contributed by atoms with Crippen LogP contribution in [-0.2, 0) is 0 Å². The van der Waals surface area contributed by atoms with Gasteiger partial charge in [0.05, 0.1) is 5.56 Å². The van der Waals surface area contributed by atoms with Gasteiger partial charge in [-0.05, 0) is 48.9 Å². The highest BCUT2D eigenvalue weighted by Gasteiger charge is 2.13. The molecule has 4 heteroatoms. The molecule has 0 spiro atoms. The first-order valence-corrected chi connectivity index (χ1v) is 6.63. The first-order valence-electron chi connectivity index (χ1n) is 6.63. The summed E-state index contributed by atoms with van der Waals surface area (Å²) in [5, 5.41) is 10.7. The van der Waals surface area contributed by atoms with E-state index in [1.54, 1.807) is 35.2 Å². The average molecular weight is 271 g/mol. The van der Waals surface area contributed by atoms with Gasteiger partial charge in [-0.15, -0.1) is 0 Å². The minimum absolute atomic E-state index is 0.000730. The summed E-state index contributed by atoms with van der Waals surface area (Å²) in [4.78, 5) is 24.9. The molecule has 0 unspecified atom stereocenters. The van der Waals surface area contributed by atoms with E-state index in [4.69, 9.17) is 5.11 Å². The molecule has 20 heavy (non-hydrogen) atoms. The molecule has 0 saturated heterocycles. The maximum Gasteiger partial charge on any atom is 0.335 e. The smallest absolute Gasteiger partial charge is 0.335 e. The van der Waals surface area contributed by atoms with E-state index in [0.29, 0.717) is 18.7 Å². The molecule has 2 rings (SSSR count). The zero-order valence-electron chi connectivity index (χ0n) is 11.6. The summed E-state index contributed by atoms with van der Waals surface area (Å²) < 4.78 is 0. The molecule has 0 bridgehead atoms. The van der Waals surface area contributed by atoms with Gasteiger partial charge in [0.2, 0.25) is 0 Å². The highest BCUT2D eigenvalue weighted by molar-refractivity contribution is 6.00. The molecule has 1 N–H and O–H groups in total. The highest BCUT2D eigenvalue weighted by atomic mass is 16.4. The minimum atomic E-state index is -0.949. The minimum Gasteiger partial charge on any atom is -0.478 e. The molecule has 0 saturated carbocycles. The first kappa shape index (κ1) is 14.1. The predicted molar refractivity (Wildman–Crippen MR) is 78.2 cm³/mol. The van der Waals surface area contributed by atoms with Crippen molar-refractivity contribution in [2.45, 2.75) is 13.8 Å². The summed E-state index contributed by atoms with van der Waals surface area (Å²) in [7, 11) is 0. The van der Waals surface area contributed by atoms with Crippen LogP contribution in [0.5, 0.6) is 0 Å². The Morgan fingerprint density at radius 2 is 1.45 bits per heavy atom. The van der Waals surface area contributed by atoms with Gasteiger partial charge in [0.1, 0.15) is 0 Å². The van der Waals surface area contributed by atoms with Crippen LogP contribution < -0.4 is 0 Å². The molecule has 2 aromatic rings. The van der Waals surface area contributed by atoms with E-state index in [1.165, 1.54) is 0 Å². The lowest BCUT2D eigenvalue weighted by atomic mass is 10.0. The van der Waals surface area contributed by atoms with Crippen molar-refractivity contribution in [1.82, 2.24) is 4.90 Å². The summed E-state index contributed by atoms with van der Waals surface area (Å²) in [6, 6.07) is 10.2. The van der Waals surface area contributed by atoms with Crippen LogP contribution in [-0.4, -0.2) is 35.0 Å². The number of benzene rings is 2. The van der Waals surface area contributed by atoms with Gasteiger partial charge >= 0.3 is 5.97 Å². The van der Waals surface area contributed by atoms with E-state index in [-0.39, 0.29) is 11.5 Å². The average Bonchev–Trinajstić information content (AvgIpc) is 2.47. The van der Waals surface area contributed by atoms with Crippen LogP contribution in [0.4, 0.5) is 0 Å². The molecular weight excluding hydrogens is 254 g/mol. The van der Waals surface area contributed by atoms with Gasteiger partial charge in [-0.1, -0.05) is 12.1 Å². The zero-order chi connectivity index (χ0) is 14.7. The molecule has 0 aromatic heterocycles. The van der Waals surface area contributed by atoms with Crippen LogP contribution in [0.25, 0.3) is 10.8 Å².